The summed E-state index contributed by atoms with van der Waals surface area (Å²) >= 11 is 0. The lowest BCUT2D eigenvalue weighted by molar-refractivity contribution is -0.118. The first-order valence-electron chi connectivity index (χ1n) is 6.12. The Hall–Kier alpha value is -2.03. The number of aromatic hydroxyl groups is 1. The number of nitrogens with one attached hydrogen (secondary N) is 1. The van der Waals surface area contributed by atoms with E-state index >= 15 is 0 Å². The van der Waals surface area contributed by atoms with Gasteiger partial charge in [-0.3, -0.25) is 4.79 Å². The average molecular weight is 243 g/mol. The second kappa shape index (κ2) is 5.54. The molecule has 0 radical (unpaired) electrons. The normalized spacial score (nSPS) is 10.5. The van der Waals surface area contributed by atoms with Crippen molar-refractivity contribution in [1.29, 1.82) is 0 Å². The van der Waals surface area contributed by atoms with Crippen LogP contribution in [0.2, 0.25) is 0 Å². The molecule has 3 heteroatoms. The Balaban J connectivity index is 2.12. The summed E-state index contributed by atoms with van der Waals surface area (Å²) in [5.74, 6) is 0.294. The number of amides is 1. The number of phenolic OH excluding ortho intramolecular Hbond substituents is 1. The van der Waals surface area contributed by atoms with Crippen LogP contribution in [-0.4, -0.2) is 17.6 Å². The minimum atomic E-state index is 0.00515. The van der Waals surface area contributed by atoms with Gasteiger partial charge in [-0.2, -0.15) is 0 Å². The van der Waals surface area contributed by atoms with Crippen LogP contribution >= 0.6 is 0 Å². The van der Waals surface area contributed by atoms with Crippen molar-refractivity contribution < 1.29 is 9.90 Å². The van der Waals surface area contributed by atoms with E-state index < -0.39 is 0 Å². The van der Waals surface area contributed by atoms with E-state index in [0.29, 0.717) is 6.54 Å². The van der Waals surface area contributed by atoms with Gasteiger partial charge < -0.3 is 10.4 Å². The summed E-state index contributed by atoms with van der Waals surface area (Å²) in [6, 6.07) is 11.5. The summed E-state index contributed by atoms with van der Waals surface area (Å²) < 4.78 is 0. The van der Waals surface area contributed by atoms with Crippen LogP contribution < -0.4 is 5.32 Å². The van der Waals surface area contributed by atoms with Crippen LogP contribution in [0.4, 0.5) is 0 Å². The van der Waals surface area contributed by atoms with E-state index in [9.17, 15) is 9.90 Å². The number of aryl methyl sites for hydroxylation is 1. The first-order valence-corrected chi connectivity index (χ1v) is 6.12. The molecule has 0 aliphatic heterocycles. The van der Waals surface area contributed by atoms with Crippen LogP contribution in [-0.2, 0) is 11.2 Å². The van der Waals surface area contributed by atoms with Crippen molar-refractivity contribution in [2.45, 2.75) is 19.8 Å². The van der Waals surface area contributed by atoms with Crippen molar-refractivity contribution in [3.63, 3.8) is 0 Å². The third-order valence-electron chi connectivity index (χ3n) is 2.95. The highest BCUT2D eigenvalue weighted by Crippen LogP contribution is 2.24. The molecule has 0 saturated carbocycles. The molecule has 0 saturated heterocycles. The second-order valence-corrected chi connectivity index (χ2v) is 4.41. The molecule has 0 fully saturated rings. The molecule has 2 rings (SSSR count). The molecule has 0 spiro atoms. The van der Waals surface area contributed by atoms with Gasteiger partial charge in [-0.05, 0) is 41.3 Å². The Morgan fingerprint density at radius 3 is 2.89 bits per heavy atom. The molecular weight excluding hydrogens is 226 g/mol. The molecule has 94 valence electrons. The van der Waals surface area contributed by atoms with E-state index in [1.807, 2.05) is 18.2 Å². The standard InChI is InChI=1S/C15H17NO2/c1-11(17)16-9-3-6-12-4-2-5-13-7-8-14(18)10-15(12)13/h2,4-5,7-8,10,18H,3,6,9H2,1H3,(H,16,17). The zero-order chi connectivity index (χ0) is 13.0. The molecule has 2 N–H and O–H groups in total. The van der Waals surface area contributed by atoms with Gasteiger partial charge in [0.1, 0.15) is 5.75 Å². The molecule has 0 aliphatic rings. The summed E-state index contributed by atoms with van der Waals surface area (Å²) in [5, 5.41) is 14.5. The summed E-state index contributed by atoms with van der Waals surface area (Å²) in [7, 11) is 0. The molecule has 0 heterocycles. The number of carbonyl (C=O) groups excluding carboxylic acids is 1. The SMILES string of the molecule is CC(=O)NCCCc1cccc2ccc(O)cc12. The fraction of sp³-hybridized carbons (Fsp3) is 0.267. The van der Waals surface area contributed by atoms with Crippen LogP contribution in [0.5, 0.6) is 5.75 Å². The third kappa shape index (κ3) is 3.00. The number of carbonyl (C=O) groups is 1. The monoisotopic (exact) mass is 243 g/mol. The number of hydrogen-bond acceptors (Lipinski definition) is 2. The quantitative estimate of drug-likeness (QED) is 0.811. The van der Waals surface area contributed by atoms with Gasteiger partial charge in [0, 0.05) is 13.5 Å². The maximum atomic E-state index is 10.8. The molecular formula is C15H17NO2. The molecule has 18 heavy (non-hydrogen) atoms. The van der Waals surface area contributed by atoms with Crippen molar-refractivity contribution in [3.8, 4) is 5.75 Å². The van der Waals surface area contributed by atoms with Gasteiger partial charge in [0.05, 0.1) is 0 Å². The summed E-state index contributed by atoms with van der Waals surface area (Å²) in [6.07, 6.45) is 1.79. The smallest absolute Gasteiger partial charge is 0.216 e. The first-order chi connectivity index (χ1) is 8.66. The lowest BCUT2D eigenvalue weighted by Crippen LogP contribution is -2.21. The van der Waals surface area contributed by atoms with Gasteiger partial charge in [-0.15, -0.1) is 0 Å². The number of fused-ring (bicyclic) bond motifs is 1. The highest BCUT2D eigenvalue weighted by atomic mass is 16.3. The van der Waals surface area contributed by atoms with Crippen LogP contribution in [0.15, 0.2) is 36.4 Å². The van der Waals surface area contributed by atoms with Crippen molar-refractivity contribution in [3.05, 3.63) is 42.0 Å². The van der Waals surface area contributed by atoms with Gasteiger partial charge >= 0.3 is 0 Å². The Kier molecular flexibility index (Phi) is 3.82. The molecule has 0 bridgehead atoms. The largest absolute Gasteiger partial charge is 0.508 e. The molecule has 2 aromatic rings. The number of benzene rings is 2. The van der Waals surface area contributed by atoms with Crippen molar-refractivity contribution >= 4 is 16.7 Å². The van der Waals surface area contributed by atoms with Crippen molar-refractivity contribution in [1.82, 2.24) is 5.32 Å². The van der Waals surface area contributed by atoms with E-state index in [0.717, 1.165) is 23.6 Å². The van der Waals surface area contributed by atoms with E-state index in [1.165, 1.54) is 12.5 Å². The van der Waals surface area contributed by atoms with Crippen LogP contribution in [0.25, 0.3) is 10.8 Å². The zero-order valence-electron chi connectivity index (χ0n) is 10.4. The molecule has 0 unspecified atom stereocenters. The minimum Gasteiger partial charge on any atom is -0.508 e. The van der Waals surface area contributed by atoms with E-state index in [2.05, 4.69) is 11.4 Å². The van der Waals surface area contributed by atoms with Crippen LogP contribution in [0.3, 0.4) is 0 Å². The first kappa shape index (κ1) is 12.4. The number of rotatable bonds is 4. The molecule has 1 amide bonds. The molecule has 2 aromatic carbocycles. The molecule has 0 atom stereocenters. The predicted octanol–water partition coefficient (Wildman–Crippen LogP) is 2.61. The fourth-order valence-electron chi connectivity index (χ4n) is 2.09. The maximum absolute atomic E-state index is 10.8. The highest BCUT2D eigenvalue weighted by Gasteiger charge is 2.02. The highest BCUT2D eigenvalue weighted by molar-refractivity contribution is 5.87. The zero-order valence-corrected chi connectivity index (χ0v) is 10.4. The Bertz CT molecular complexity index is 563. The van der Waals surface area contributed by atoms with E-state index in [1.54, 1.807) is 12.1 Å². The predicted molar refractivity (Wildman–Crippen MR) is 72.6 cm³/mol. The van der Waals surface area contributed by atoms with Crippen LogP contribution in [0, 0.1) is 0 Å². The van der Waals surface area contributed by atoms with Gasteiger partial charge in [0.15, 0.2) is 0 Å². The molecule has 0 aromatic heterocycles. The van der Waals surface area contributed by atoms with Crippen LogP contribution in [0.1, 0.15) is 18.9 Å². The fourth-order valence-corrected chi connectivity index (χ4v) is 2.09. The van der Waals surface area contributed by atoms with Gasteiger partial charge in [-0.1, -0.05) is 24.3 Å². The molecule has 3 nitrogen and oxygen atoms in total. The lowest BCUT2D eigenvalue weighted by Gasteiger charge is -2.07. The topological polar surface area (TPSA) is 49.3 Å². The summed E-state index contributed by atoms with van der Waals surface area (Å²) in [6.45, 7) is 2.21. The summed E-state index contributed by atoms with van der Waals surface area (Å²) in [5.41, 5.74) is 1.20. The van der Waals surface area contributed by atoms with E-state index in [-0.39, 0.29) is 11.7 Å². The van der Waals surface area contributed by atoms with Crippen molar-refractivity contribution in [2.24, 2.45) is 0 Å². The number of hydrogen-bond donors (Lipinski definition) is 2. The lowest BCUT2D eigenvalue weighted by atomic mass is 10.0. The third-order valence-corrected chi connectivity index (χ3v) is 2.95. The number of phenols is 1. The Labute approximate surface area is 106 Å². The summed E-state index contributed by atoms with van der Waals surface area (Å²) in [4.78, 5) is 10.8. The van der Waals surface area contributed by atoms with Gasteiger partial charge in [0.25, 0.3) is 0 Å². The van der Waals surface area contributed by atoms with Gasteiger partial charge in [0.2, 0.25) is 5.91 Å². The molecule has 0 aliphatic carbocycles. The second-order valence-electron chi connectivity index (χ2n) is 4.41. The van der Waals surface area contributed by atoms with Gasteiger partial charge in [-0.25, -0.2) is 0 Å². The average Bonchev–Trinajstić information content (AvgIpc) is 2.34. The Morgan fingerprint density at radius 1 is 1.28 bits per heavy atom. The van der Waals surface area contributed by atoms with Crippen molar-refractivity contribution in [2.75, 3.05) is 6.54 Å². The van der Waals surface area contributed by atoms with E-state index in [4.69, 9.17) is 0 Å². The Morgan fingerprint density at radius 2 is 2.11 bits per heavy atom. The minimum absolute atomic E-state index is 0.00515. The maximum Gasteiger partial charge on any atom is 0.216 e.